The van der Waals surface area contributed by atoms with Crippen molar-refractivity contribution in [3.05, 3.63) is 64.2 Å². The molecule has 4 atom stereocenters. The summed E-state index contributed by atoms with van der Waals surface area (Å²) in [5.41, 5.74) is 1.72. The first-order valence-electron chi connectivity index (χ1n) is 14.8. The first-order chi connectivity index (χ1) is 19.8. The number of halogens is 3. The molecule has 224 valence electrons. The summed E-state index contributed by atoms with van der Waals surface area (Å²) in [5.74, 6) is -2.37. The Hall–Kier alpha value is -3.56. The standard InChI is InChI=1S/C32H37F3N4O3/c1-4-31-12-6-5-7-18-8-11-25-22(13-18)24(16-30(2,3)42-25)37-28(41)20-10-9-19-15-23(32(33,34)35)27(21(19)14-20)39(26(40)17-31)29(36)38-31/h8-11,13-14,23-24,27H,4-7,12,15-17H2,1-3H3,(H2,36,38)(H,37,41)/t23-,24-,27-,31+/m0/s1. The third-order valence-corrected chi connectivity index (χ3v) is 9.51. The van der Waals surface area contributed by atoms with Crippen molar-refractivity contribution in [3.63, 3.8) is 0 Å². The van der Waals surface area contributed by atoms with Crippen molar-refractivity contribution in [2.75, 3.05) is 0 Å². The van der Waals surface area contributed by atoms with Gasteiger partial charge in [0.1, 0.15) is 11.4 Å². The SMILES string of the molecule is CC[C@]12CCCCc3ccc4c(c3)[C@H](CC(C)(C)O4)NC(=O)c3ccc4c(c3)[C@@H]([C@@H](C(F)(F)F)C4)N(C(=N)N1)C(=O)C2. The second-order valence-electron chi connectivity index (χ2n) is 12.9. The molecule has 0 radical (unpaired) electrons. The number of carbonyl (C=O) groups excluding carboxylic acids is 2. The van der Waals surface area contributed by atoms with Crippen molar-refractivity contribution >= 4 is 17.8 Å². The number of nitrogens with one attached hydrogen (secondary N) is 3. The molecule has 10 heteroatoms. The second-order valence-corrected chi connectivity index (χ2v) is 12.9. The molecule has 1 aliphatic carbocycles. The molecule has 0 unspecified atom stereocenters. The van der Waals surface area contributed by atoms with E-state index >= 15 is 0 Å². The van der Waals surface area contributed by atoms with Crippen LogP contribution in [0.2, 0.25) is 0 Å². The van der Waals surface area contributed by atoms with Crippen molar-refractivity contribution in [3.8, 4) is 5.75 Å². The van der Waals surface area contributed by atoms with Gasteiger partial charge in [0.2, 0.25) is 5.91 Å². The highest BCUT2D eigenvalue weighted by Gasteiger charge is 2.55. The van der Waals surface area contributed by atoms with E-state index in [1.165, 1.54) is 6.07 Å². The van der Waals surface area contributed by atoms with Gasteiger partial charge in [-0.1, -0.05) is 31.5 Å². The number of ether oxygens (including phenoxy) is 1. The highest BCUT2D eigenvalue weighted by Crippen LogP contribution is 2.50. The van der Waals surface area contributed by atoms with Crippen molar-refractivity contribution in [2.24, 2.45) is 5.92 Å². The van der Waals surface area contributed by atoms with Crippen LogP contribution < -0.4 is 15.4 Å². The van der Waals surface area contributed by atoms with Crippen molar-refractivity contribution < 1.29 is 27.5 Å². The molecule has 2 aromatic carbocycles. The Morgan fingerprint density at radius 2 is 1.88 bits per heavy atom. The fourth-order valence-corrected chi connectivity index (χ4v) is 7.29. The lowest BCUT2D eigenvalue weighted by molar-refractivity contribution is -0.187. The number of hydrogen-bond donors (Lipinski definition) is 3. The molecule has 3 N–H and O–H groups in total. The molecule has 0 saturated carbocycles. The van der Waals surface area contributed by atoms with Gasteiger partial charge < -0.3 is 15.4 Å². The largest absolute Gasteiger partial charge is 0.487 e. The van der Waals surface area contributed by atoms with Gasteiger partial charge in [-0.3, -0.25) is 19.9 Å². The Labute approximate surface area is 243 Å². The Balaban J connectivity index is 1.45. The van der Waals surface area contributed by atoms with Gasteiger partial charge in [0, 0.05) is 23.1 Å². The summed E-state index contributed by atoms with van der Waals surface area (Å²) in [4.78, 5) is 28.3. The molecule has 5 aliphatic rings. The Morgan fingerprint density at radius 1 is 1.10 bits per heavy atom. The van der Waals surface area contributed by atoms with Crippen LogP contribution in [-0.2, 0) is 17.6 Å². The molecule has 4 aliphatic heterocycles. The average Bonchev–Trinajstić information content (AvgIpc) is 3.29. The summed E-state index contributed by atoms with van der Waals surface area (Å²) in [5, 5.41) is 15.1. The Bertz CT molecular complexity index is 1430. The molecule has 42 heavy (non-hydrogen) atoms. The van der Waals surface area contributed by atoms with Crippen LogP contribution in [0.4, 0.5) is 13.2 Å². The lowest BCUT2D eigenvalue weighted by Gasteiger charge is -2.46. The number of hydrogen-bond acceptors (Lipinski definition) is 4. The molecule has 4 heterocycles. The predicted molar refractivity (Wildman–Crippen MR) is 151 cm³/mol. The number of aryl methyl sites for hydroxylation is 1. The normalized spacial score (nSPS) is 28.9. The zero-order valence-electron chi connectivity index (χ0n) is 24.2. The highest BCUT2D eigenvalue weighted by molar-refractivity contribution is 6.00. The van der Waals surface area contributed by atoms with Gasteiger partial charge >= 0.3 is 6.18 Å². The number of rotatable bonds is 1. The van der Waals surface area contributed by atoms with Gasteiger partial charge in [0.05, 0.1) is 24.4 Å². The molecular formula is C32H37F3N4O3. The van der Waals surface area contributed by atoms with Crippen molar-refractivity contribution in [1.29, 1.82) is 5.41 Å². The average molecular weight is 583 g/mol. The number of amides is 2. The topological polar surface area (TPSA) is 94.5 Å². The lowest BCUT2D eigenvalue weighted by atomic mass is 9.82. The third kappa shape index (κ3) is 5.02. The summed E-state index contributed by atoms with van der Waals surface area (Å²) >= 11 is 0. The molecule has 2 amide bonds. The van der Waals surface area contributed by atoms with Crippen molar-refractivity contribution in [2.45, 2.75) is 102 Å². The minimum Gasteiger partial charge on any atom is -0.487 e. The second kappa shape index (κ2) is 10.0. The van der Waals surface area contributed by atoms with Gasteiger partial charge in [-0.15, -0.1) is 0 Å². The first-order valence-corrected chi connectivity index (χ1v) is 14.8. The molecule has 7 rings (SSSR count). The first kappa shape index (κ1) is 28.6. The van der Waals surface area contributed by atoms with E-state index in [0.29, 0.717) is 30.6 Å². The third-order valence-electron chi connectivity index (χ3n) is 9.51. The van der Waals surface area contributed by atoms with Gasteiger partial charge in [-0.25, -0.2) is 0 Å². The van der Waals surface area contributed by atoms with E-state index < -0.39 is 41.1 Å². The number of benzene rings is 2. The smallest absolute Gasteiger partial charge is 0.394 e. The van der Waals surface area contributed by atoms with Crippen LogP contribution >= 0.6 is 0 Å². The molecule has 1 fully saturated rings. The molecular weight excluding hydrogens is 545 g/mol. The maximum absolute atomic E-state index is 14.4. The van der Waals surface area contributed by atoms with Crippen LogP contribution in [0.25, 0.3) is 0 Å². The lowest BCUT2D eigenvalue weighted by Crippen LogP contribution is -2.63. The zero-order chi connectivity index (χ0) is 30.0. The van der Waals surface area contributed by atoms with E-state index in [-0.39, 0.29) is 36.0 Å². The Kier molecular flexibility index (Phi) is 6.81. The van der Waals surface area contributed by atoms with E-state index in [1.807, 2.05) is 32.9 Å². The molecule has 0 spiro atoms. The summed E-state index contributed by atoms with van der Waals surface area (Å²) < 4.78 is 49.5. The quantitative estimate of drug-likeness (QED) is 0.377. The van der Waals surface area contributed by atoms with Crippen molar-refractivity contribution in [1.82, 2.24) is 15.5 Å². The fraction of sp³-hybridized carbons (Fsp3) is 0.531. The number of alkyl halides is 3. The summed E-state index contributed by atoms with van der Waals surface area (Å²) in [7, 11) is 0. The number of carbonyl (C=O) groups is 2. The van der Waals surface area contributed by atoms with Gasteiger partial charge in [0.25, 0.3) is 5.91 Å². The minimum atomic E-state index is -4.60. The van der Waals surface area contributed by atoms with Crippen LogP contribution in [0.5, 0.6) is 5.75 Å². The predicted octanol–water partition coefficient (Wildman–Crippen LogP) is 6.13. The maximum atomic E-state index is 14.4. The molecule has 1 saturated heterocycles. The number of guanidine groups is 1. The van der Waals surface area contributed by atoms with Gasteiger partial charge in [-0.2, -0.15) is 13.2 Å². The molecule has 6 bridgehead atoms. The van der Waals surface area contributed by atoms with E-state index in [4.69, 9.17) is 10.1 Å². The van der Waals surface area contributed by atoms with E-state index in [1.54, 1.807) is 12.1 Å². The molecule has 7 nitrogen and oxygen atoms in total. The highest BCUT2D eigenvalue weighted by atomic mass is 19.4. The van der Waals surface area contributed by atoms with E-state index in [9.17, 15) is 22.8 Å². The fourth-order valence-electron chi connectivity index (χ4n) is 7.29. The summed E-state index contributed by atoms with van der Waals surface area (Å²) in [6.45, 7) is 5.87. The van der Waals surface area contributed by atoms with Crippen LogP contribution in [-0.4, -0.2) is 40.0 Å². The van der Waals surface area contributed by atoms with Crippen LogP contribution in [0.1, 0.15) is 104 Å². The molecule has 0 aromatic heterocycles. The number of fused-ring (bicyclic) bond motifs is 6. The summed E-state index contributed by atoms with van der Waals surface area (Å²) in [6.07, 6.45) is -0.776. The van der Waals surface area contributed by atoms with Crippen LogP contribution in [0.3, 0.4) is 0 Å². The zero-order valence-corrected chi connectivity index (χ0v) is 24.2. The maximum Gasteiger partial charge on any atom is 0.394 e. The number of nitrogens with zero attached hydrogens (tertiary/aromatic N) is 1. The van der Waals surface area contributed by atoms with Crippen LogP contribution in [0.15, 0.2) is 36.4 Å². The van der Waals surface area contributed by atoms with E-state index in [2.05, 4.69) is 16.7 Å². The van der Waals surface area contributed by atoms with Gasteiger partial charge in [0.15, 0.2) is 5.96 Å². The van der Waals surface area contributed by atoms with E-state index in [0.717, 1.165) is 35.3 Å². The molecule has 2 aromatic rings. The minimum absolute atomic E-state index is 0.0100. The summed E-state index contributed by atoms with van der Waals surface area (Å²) in [6, 6.07) is 8.90. The monoisotopic (exact) mass is 582 g/mol. The van der Waals surface area contributed by atoms with Crippen LogP contribution in [0, 0.1) is 11.3 Å². The van der Waals surface area contributed by atoms with Gasteiger partial charge in [-0.05, 0) is 80.8 Å². The Morgan fingerprint density at radius 3 is 2.60 bits per heavy atom.